The Morgan fingerprint density at radius 2 is 1.70 bits per heavy atom. The van der Waals surface area contributed by atoms with Crippen molar-refractivity contribution in [2.75, 3.05) is 5.32 Å². The highest BCUT2D eigenvalue weighted by Gasteiger charge is 2.11. The van der Waals surface area contributed by atoms with Gasteiger partial charge in [0.1, 0.15) is 12.1 Å². The van der Waals surface area contributed by atoms with E-state index in [4.69, 9.17) is 0 Å². The maximum Gasteiger partial charge on any atom is 0.168 e. The molecule has 6 heteroatoms. The summed E-state index contributed by atoms with van der Waals surface area (Å²) in [5.41, 5.74) is 2.73. The normalized spacial score (nSPS) is 10.8. The molecule has 0 aliphatic heterocycles. The number of halogens is 1. The van der Waals surface area contributed by atoms with E-state index in [1.54, 1.807) is 12.5 Å². The zero-order valence-corrected chi connectivity index (χ0v) is 14.2. The van der Waals surface area contributed by atoms with Gasteiger partial charge < -0.3 is 5.32 Å². The molecule has 0 radical (unpaired) electrons. The predicted octanol–water partition coefficient (Wildman–Crippen LogP) is 4.16. The van der Waals surface area contributed by atoms with Crippen LogP contribution in [0.4, 0.5) is 11.5 Å². The van der Waals surface area contributed by atoms with E-state index in [1.165, 1.54) is 3.57 Å². The number of benzene rings is 2. The second-order valence-corrected chi connectivity index (χ2v) is 6.23. The lowest BCUT2D eigenvalue weighted by Gasteiger charge is -2.07. The van der Waals surface area contributed by atoms with Gasteiger partial charge in [-0.2, -0.15) is 5.10 Å². The lowest BCUT2D eigenvalue weighted by Crippen LogP contribution is -1.99. The summed E-state index contributed by atoms with van der Waals surface area (Å²) >= 11 is 2.28. The van der Waals surface area contributed by atoms with Gasteiger partial charge >= 0.3 is 0 Å². The van der Waals surface area contributed by atoms with Crippen molar-refractivity contribution in [2.24, 2.45) is 0 Å². The highest BCUT2D eigenvalue weighted by atomic mass is 127. The summed E-state index contributed by atoms with van der Waals surface area (Å²) in [6.07, 6.45) is 3.34. The third kappa shape index (κ3) is 2.77. The maximum atomic E-state index is 4.45. The van der Waals surface area contributed by atoms with E-state index in [-0.39, 0.29) is 0 Å². The largest absolute Gasteiger partial charge is 0.340 e. The van der Waals surface area contributed by atoms with Crippen LogP contribution in [0, 0.1) is 3.57 Å². The topological polar surface area (TPSA) is 55.6 Å². The molecule has 0 atom stereocenters. The molecule has 0 amide bonds. The van der Waals surface area contributed by atoms with Gasteiger partial charge in [0.2, 0.25) is 0 Å². The molecule has 0 unspecified atom stereocenters. The van der Waals surface area contributed by atoms with Crippen LogP contribution in [-0.2, 0) is 0 Å². The predicted molar refractivity (Wildman–Crippen MR) is 99.1 cm³/mol. The molecule has 0 aliphatic carbocycles. The number of rotatable bonds is 3. The molecule has 5 nitrogen and oxygen atoms in total. The first kappa shape index (κ1) is 14.1. The van der Waals surface area contributed by atoms with Gasteiger partial charge in [0.25, 0.3) is 0 Å². The Morgan fingerprint density at radius 3 is 2.48 bits per heavy atom. The third-order valence-corrected chi connectivity index (χ3v) is 4.19. The Hall–Kier alpha value is -2.48. The molecule has 0 fully saturated rings. The molecular weight excluding hydrogens is 401 g/mol. The van der Waals surface area contributed by atoms with Gasteiger partial charge in [-0.15, -0.1) is 0 Å². The van der Waals surface area contributed by atoms with Crippen LogP contribution in [0.1, 0.15) is 0 Å². The van der Waals surface area contributed by atoms with Gasteiger partial charge in [0.15, 0.2) is 5.65 Å². The minimum absolute atomic E-state index is 0.749. The van der Waals surface area contributed by atoms with Crippen molar-refractivity contribution in [3.05, 3.63) is 70.7 Å². The lowest BCUT2D eigenvalue weighted by molar-refractivity contribution is 0.895. The first-order chi connectivity index (χ1) is 11.3. The Balaban J connectivity index is 1.77. The monoisotopic (exact) mass is 413 g/mol. The molecule has 0 spiro atoms. The van der Waals surface area contributed by atoms with Gasteiger partial charge in [-0.3, -0.25) is 0 Å². The highest BCUT2D eigenvalue weighted by molar-refractivity contribution is 14.1. The van der Waals surface area contributed by atoms with E-state index in [2.05, 4.69) is 55.1 Å². The van der Waals surface area contributed by atoms with Crippen molar-refractivity contribution in [3.8, 4) is 5.69 Å². The van der Waals surface area contributed by atoms with Crippen LogP contribution >= 0.6 is 22.6 Å². The number of fused-ring (bicyclic) bond motifs is 1. The summed E-state index contributed by atoms with van der Waals surface area (Å²) in [5, 5.41) is 8.67. The molecule has 4 rings (SSSR count). The first-order valence-electron chi connectivity index (χ1n) is 7.08. The molecule has 2 aromatic carbocycles. The summed E-state index contributed by atoms with van der Waals surface area (Å²) in [6.45, 7) is 0. The third-order valence-electron chi connectivity index (χ3n) is 3.47. The van der Waals surface area contributed by atoms with E-state index in [9.17, 15) is 0 Å². The Morgan fingerprint density at radius 1 is 0.913 bits per heavy atom. The summed E-state index contributed by atoms with van der Waals surface area (Å²) < 4.78 is 3.01. The number of nitrogens with zero attached hydrogens (tertiary/aromatic N) is 4. The van der Waals surface area contributed by atoms with E-state index >= 15 is 0 Å². The number of anilines is 2. The summed E-state index contributed by atoms with van der Waals surface area (Å²) in [5.74, 6) is 0.749. The summed E-state index contributed by atoms with van der Waals surface area (Å²) in [7, 11) is 0. The van der Waals surface area contributed by atoms with E-state index in [1.807, 2.05) is 47.1 Å². The van der Waals surface area contributed by atoms with Crippen molar-refractivity contribution >= 4 is 45.1 Å². The number of para-hydroxylation sites is 1. The van der Waals surface area contributed by atoms with E-state index < -0.39 is 0 Å². The van der Waals surface area contributed by atoms with E-state index in [0.717, 1.165) is 28.2 Å². The minimum atomic E-state index is 0.749. The molecule has 23 heavy (non-hydrogen) atoms. The standard InChI is InChI=1S/C17H12IN5/c18-12-6-8-13(9-7-12)22-16-15-10-21-23(17(15)20-11-19-16)14-4-2-1-3-5-14/h1-11H,(H,19,20,22). The molecule has 4 aromatic rings. The average Bonchev–Trinajstić information content (AvgIpc) is 3.03. The van der Waals surface area contributed by atoms with Crippen LogP contribution in [-0.4, -0.2) is 19.7 Å². The summed E-state index contributed by atoms with van der Waals surface area (Å²) in [4.78, 5) is 8.74. The van der Waals surface area contributed by atoms with Crippen LogP contribution in [0.5, 0.6) is 0 Å². The average molecular weight is 413 g/mol. The first-order valence-corrected chi connectivity index (χ1v) is 8.16. The van der Waals surface area contributed by atoms with Crippen LogP contribution in [0.15, 0.2) is 67.1 Å². The fraction of sp³-hybridized carbons (Fsp3) is 0. The highest BCUT2D eigenvalue weighted by Crippen LogP contribution is 2.24. The number of hydrogen-bond acceptors (Lipinski definition) is 4. The van der Waals surface area contributed by atoms with Gasteiger partial charge in [-0.1, -0.05) is 18.2 Å². The second kappa shape index (κ2) is 5.96. The zero-order chi connectivity index (χ0) is 15.6. The Kier molecular flexibility index (Phi) is 3.66. The molecular formula is C17H12IN5. The van der Waals surface area contributed by atoms with Gasteiger partial charge in [-0.05, 0) is 59.0 Å². The molecule has 1 N–H and O–H groups in total. The quantitative estimate of drug-likeness (QED) is 0.513. The van der Waals surface area contributed by atoms with E-state index in [0.29, 0.717) is 0 Å². The molecule has 112 valence electrons. The van der Waals surface area contributed by atoms with Crippen molar-refractivity contribution < 1.29 is 0 Å². The maximum absolute atomic E-state index is 4.45. The molecule has 0 aliphatic rings. The molecule has 2 heterocycles. The number of aromatic nitrogens is 4. The van der Waals surface area contributed by atoms with Crippen molar-refractivity contribution in [1.29, 1.82) is 0 Å². The molecule has 0 saturated heterocycles. The van der Waals surface area contributed by atoms with Crippen molar-refractivity contribution in [3.63, 3.8) is 0 Å². The van der Waals surface area contributed by atoms with Crippen LogP contribution in [0.2, 0.25) is 0 Å². The lowest BCUT2D eigenvalue weighted by atomic mass is 10.3. The zero-order valence-electron chi connectivity index (χ0n) is 12.0. The Bertz CT molecular complexity index is 948. The Labute approximate surface area is 146 Å². The smallest absolute Gasteiger partial charge is 0.168 e. The second-order valence-electron chi connectivity index (χ2n) is 4.98. The fourth-order valence-electron chi connectivity index (χ4n) is 2.37. The van der Waals surface area contributed by atoms with Crippen LogP contribution < -0.4 is 5.32 Å². The van der Waals surface area contributed by atoms with Crippen LogP contribution in [0.25, 0.3) is 16.7 Å². The van der Waals surface area contributed by atoms with Gasteiger partial charge in [0.05, 0.1) is 17.3 Å². The molecule has 0 saturated carbocycles. The molecule has 2 aromatic heterocycles. The fourth-order valence-corrected chi connectivity index (χ4v) is 2.73. The number of nitrogens with one attached hydrogen (secondary N) is 1. The van der Waals surface area contributed by atoms with Gasteiger partial charge in [-0.25, -0.2) is 14.6 Å². The molecule has 0 bridgehead atoms. The van der Waals surface area contributed by atoms with Crippen molar-refractivity contribution in [1.82, 2.24) is 19.7 Å². The minimum Gasteiger partial charge on any atom is -0.340 e. The SMILES string of the molecule is Ic1ccc(Nc2ncnc3c2cnn3-c2ccccc2)cc1. The van der Waals surface area contributed by atoms with Crippen molar-refractivity contribution in [2.45, 2.75) is 0 Å². The van der Waals surface area contributed by atoms with Gasteiger partial charge in [0, 0.05) is 9.26 Å². The number of hydrogen-bond donors (Lipinski definition) is 1. The van der Waals surface area contributed by atoms with Crippen LogP contribution in [0.3, 0.4) is 0 Å². The summed E-state index contributed by atoms with van der Waals surface area (Å²) in [6, 6.07) is 18.1.